The highest BCUT2D eigenvalue weighted by Gasteiger charge is 2.48. The first-order chi connectivity index (χ1) is 26.8. The largest absolute Gasteiger partial charge is 0.508 e. The number of hydrogen-bond donors (Lipinski definition) is 0. The van der Waals surface area contributed by atoms with E-state index < -0.39 is 77.0 Å². The van der Waals surface area contributed by atoms with Gasteiger partial charge in [0, 0.05) is 17.2 Å². The summed E-state index contributed by atoms with van der Waals surface area (Å²) in [4.78, 5) is 58.1. The van der Waals surface area contributed by atoms with E-state index in [1.54, 1.807) is 26.2 Å². The Morgan fingerprint density at radius 3 is 2.14 bits per heavy atom. The van der Waals surface area contributed by atoms with Gasteiger partial charge in [-0.25, -0.2) is 14.6 Å². The fourth-order valence-corrected chi connectivity index (χ4v) is 10.7. The summed E-state index contributed by atoms with van der Waals surface area (Å²) >= 11 is 35.5. The van der Waals surface area contributed by atoms with Gasteiger partial charge in [-0.2, -0.15) is 0 Å². The number of Topliss-reactive ketones (excluding diaryl/α,β-unsaturated/α-hetero) is 1. The van der Waals surface area contributed by atoms with Crippen molar-refractivity contribution in [2.24, 2.45) is 17.3 Å². The molecule has 1 aromatic rings. The first kappa shape index (κ1) is 52.8. The van der Waals surface area contributed by atoms with Crippen LogP contribution in [0, 0.1) is 17.3 Å². The number of aromatic nitrogens is 1. The maximum absolute atomic E-state index is 14.7. The number of carbonyl (C=O) groups excluding carboxylic acids is 4. The number of hydrogen-bond acceptors (Lipinski definition) is 12. The topological polar surface area (TPSA) is 137 Å². The first-order valence-electron chi connectivity index (χ1n) is 19.3. The van der Waals surface area contributed by atoms with E-state index in [9.17, 15) is 19.2 Å². The van der Waals surface area contributed by atoms with E-state index in [0.29, 0.717) is 30.0 Å². The van der Waals surface area contributed by atoms with Crippen molar-refractivity contribution in [2.45, 2.75) is 145 Å². The standard InChI is InChI=1S/C39H57Cl6NO10SSi/c1-10-58(11-2,12-3)56-30-19-32(47)54-29(26(6)18-28-21-57-31(46-28)20-51-35(49)52-22-38(40,41)42)17-16-24(4)14-13-15-25(5)33(27(7)34(48)37(30,8)9)55-36(50)53-23-39(43,44)45/h16,18,21,25,27,29-30,33H,10-15,17,19-20,22-23H2,1-9H3/b24-16-,26-18+/t25-,27+,29-,30-,33-/m0/s1. The first-order valence-corrected chi connectivity index (χ1v) is 25.0. The molecule has 19 heteroatoms. The van der Waals surface area contributed by atoms with Crippen molar-refractivity contribution < 1.29 is 47.3 Å². The zero-order valence-corrected chi connectivity index (χ0v) is 41.0. The lowest BCUT2D eigenvalue weighted by Gasteiger charge is -2.42. The van der Waals surface area contributed by atoms with Gasteiger partial charge in [-0.1, -0.05) is 130 Å². The van der Waals surface area contributed by atoms with E-state index in [4.69, 9.17) is 97.7 Å². The highest BCUT2D eigenvalue weighted by molar-refractivity contribution is 7.09. The number of halogens is 6. The number of esters is 1. The third-order valence-electron chi connectivity index (χ3n) is 10.5. The molecule has 5 atom stereocenters. The van der Waals surface area contributed by atoms with Gasteiger partial charge in [0.2, 0.25) is 7.59 Å². The van der Waals surface area contributed by atoms with Crippen LogP contribution in [0.25, 0.3) is 6.08 Å². The van der Waals surface area contributed by atoms with E-state index in [0.717, 1.165) is 35.7 Å². The van der Waals surface area contributed by atoms with Gasteiger partial charge in [0.25, 0.3) is 0 Å². The third-order valence-corrected chi connectivity index (χ3v) is 16.6. The van der Waals surface area contributed by atoms with Crippen LogP contribution in [0.2, 0.25) is 18.1 Å². The van der Waals surface area contributed by atoms with E-state index >= 15 is 0 Å². The molecule has 0 bridgehead atoms. The molecule has 0 N–H and O–H groups in total. The molecule has 0 unspecified atom stereocenters. The Morgan fingerprint density at radius 1 is 0.983 bits per heavy atom. The fraction of sp³-hybridized carbons (Fsp3) is 0.718. The molecule has 2 rings (SSSR count). The zero-order chi connectivity index (χ0) is 44.1. The van der Waals surface area contributed by atoms with Crippen LogP contribution in [0.15, 0.2) is 22.6 Å². The Balaban J connectivity index is 2.50. The number of alkyl halides is 6. The zero-order valence-electron chi connectivity index (χ0n) is 34.6. The molecule has 0 aromatic carbocycles. The Kier molecular flexibility index (Phi) is 21.7. The van der Waals surface area contributed by atoms with Crippen LogP contribution in [0.4, 0.5) is 9.59 Å². The lowest BCUT2D eigenvalue weighted by atomic mass is 9.73. The highest BCUT2D eigenvalue weighted by atomic mass is 35.6. The smallest absolute Gasteiger partial charge is 0.457 e. The predicted molar refractivity (Wildman–Crippen MR) is 235 cm³/mol. The second-order valence-electron chi connectivity index (χ2n) is 15.3. The molecule has 330 valence electrons. The summed E-state index contributed by atoms with van der Waals surface area (Å²) in [6.07, 6.45) is 1.68. The Labute approximate surface area is 378 Å². The maximum Gasteiger partial charge on any atom is 0.508 e. The van der Waals surface area contributed by atoms with Crippen molar-refractivity contribution in [2.75, 3.05) is 13.2 Å². The summed E-state index contributed by atoms with van der Waals surface area (Å²) in [5.41, 5.74) is 1.17. The number of rotatable bonds is 12. The molecular formula is C39H57Cl6NO10SSi. The van der Waals surface area contributed by atoms with E-state index in [1.807, 2.05) is 32.9 Å². The van der Waals surface area contributed by atoms with Gasteiger partial charge in [0.05, 0.1) is 24.1 Å². The average molecular weight is 973 g/mol. The highest BCUT2D eigenvalue weighted by Crippen LogP contribution is 2.39. The van der Waals surface area contributed by atoms with Crippen LogP contribution in [0.5, 0.6) is 0 Å². The molecule has 2 heterocycles. The minimum atomic E-state index is -2.39. The van der Waals surface area contributed by atoms with Crippen LogP contribution in [-0.4, -0.2) is 76.5 Å². The molecule has 1 aliphatic rings. The Hall–Kier alpha value is -1.29. The summed E-state index contributed by atoms with van der Waals surface area (Å²) in [6.45, 7) is 16.1. The van der Waals surface area contributed by atoms with Crippen LogP contribution >= 0.6 is 80.9 Å². The molecule has 0 saturated carbocycles. The summed E-state index contributed by atoms with van der Waals surface area (Å²) < 4.78 is 30.4. The number of thiazole rings is 1. The molecule has 0 fully saturated rings. The van der Waals surface area contributed by atoms with Gasteiger partial charge in [0.1, 0.15) is 42.8 Å². The van der Waals surface area contributed by atoms with Gasteiger partial charge in [0.15, 0.2) is 8.32 Å². The van der Waals surface area contributed by atoms with Gasteiger partial charge >= 0.3 is 18.3 Å². The van der Waals surface area contributed by atoms with Crippen molar-refractivity contribution in [3.05, 3.63) is 33.3 Å². The van der Waals surface area contributed by atoms with Crippen molar-refractivity contribution in [3.8, 4) is 0 Å². The minimum Gasteiger partial charge on any atom is -0.457 e. The van der Waals surface area contributed by atoms with Crippen LogP contribution in [0.1, 0.15) is 105 Å². The van der Waals surface area contributed by atoms with Gasteiger partial charge in [-0.3, -0.25) is 9.59 Å². The number of ketones is 1. The Bertz CT molecular complexity index is 1580. The quantitative estimate of drug-likeness (QED) is 0.0651. The maximum atomic E-state index is 14.7. The number of cyclic esters (lactones) is 1. The van der Waals surface area contributed by atoms with Gasteiger partial charge in [-0.05, 0) is 68.8 Å². The SMILES string of the molecule is CC[Si](CC)(CC)O[C@H]1CC(=O)O[C@H](/C(C)=C/c2csc(COC(=O)OCC(Cl)(Cl)Cl)n2)C/C=C(/C)CCC[C@H](C)[C@H](OC(=O)OCC(Cl)(Cl)Cl)[C@@H](C)C(=O)C1(C)C. The third kappa shape index (κ3) is 18.0. The summed E-state index contributed by atoms with van der Waals surface area (Å²) in [6, 6.07) is 2.36. The lowest BCUT2D eigenvalue weighted by molar-refractivity contribution is -0.153. The molecule has 0 saturated heterocycles. The van der Waals surface area contributed by atoms with Crippen molar-refractivity contribution in [1.82, 2.24) is 4.98 Å². The van der Waals surface area contributed by atoms with Gasteiger partial charge < -0.3 is 28.1 Å². The minimum absolute atomic E-state index is 0.157. The van der Waals surface area contributed by atoms with Crippen LogP contribution in [-0.2, 0) is 44.3 Å². The number of carbonyl (C=O) groups is 4. The summed E-state index contributed by atoms with van der Waals surface area (Å²) in [5, 5.41) is 2.28. The monoisotopic (exact) mass is 969 g/mol. The molecular weight excluding hydrogens is 915 g/mol. The molecule has 11 nitrogen and oxygen atoms in total. The molecule has 1 aromatic heterocycles. The number of ether oxygens (including phenoxy) is 5. The molecule has 58 heavy (non-hydrogen) atoms. The molecule has 0 spiro atoms. The summed E-state index contributed by atoms with van der Waals surface area (Å²) in [7, 11) is -2.39. The van der Waals surface area contributed by atoms with Crippen molar-refractivity contribution in [3.63, 3.8) is 0 Å². The van der Waals surface area contributed by atoms with Gasteiger partial charge in [-0.15, -0.1) is 11.3 Å². The van der Waals surface area contributed by atoms with E-state index in [1.165, 1.54) is 11.3 Å². The van der Waals surface area contributed by atoms with E-state index in [-0.39, 0.29) is 24.7 Å². The van der Waals surface area contributed by atoms with Crippen molar-refractivity contribution in [1.29, 1.82) is 0 Å². The van der Waals surface area contributed by atoms with Crippen LogP contribution < -0.4 is 0 Å². The number of allylic oxidation sites excluding steroid dienone is 1. The van der Waals surface area contributed by atoms with E-state index in [2.05, 4.69) is 25.8 Å². The molecule has 0 amide bonds. The molecule has 1 aliphatic heterocycles. The predicted octanol–water partition coefficient (Wildman–Crippen LogP) is 12.5. The second-order valence-corrected chi connectivity index (χ2v) is 26.0. The number of nitrogens with zero attached hydrogens (tertiary/aromatic N) is 1. The van der Waals surface area contributed by atoms with Crippen LogP contribution in [0.3, 0.4) is 0 Å². The summed E-state index contributed by atoms with van der Waals surface area (Å²) in [5.74, 6) is -1.83. The molecule has 0 aliphatic carbocycles. The second kappa shape index (κ2) is 23.8. The lowest BCUT2D eigenvalue weighted by Crippen LogP contribution is -2.52. The normalized spacial score (nSPS) is 24.3. The average Bonchev–Trinajstić information content (AvgIpc) is 3.59. The van der Waals surface area contributed by atoms with Crippen molar-refractivity contribution >= 4 is 119 Å². The fourth-order valence-electron chi connectivity index (χ4n) is 6.69. The Morgan fingerprint density at radius 2 is 1.57 bits per heavy atom. The molecule has 0 radical (unpaired) electrons.